The SMILES string of the molecule is C=C[C@@](C)(C/C=C/B1OC(C)(C)C(C)(C)O1)c1ccccc1. The number of allylic oxidation sites excluding steroid dienone is 2. The maximum atomic E-state index is 5.98. The van der Waals surface area contributed by atoms with E-state index in [0.29, 0.717) is 0 Å². The molecule has 22 heavy (non-hydrogen) atoms. The van der Waals surface area contributed by atoms with Gasteiger partial charge in [-0.1, -0.05) is 55.4 Å². The van der Waals surface area contributed by atoms with Crippen LogP contribution in [0.15, 0.2) is 55.0 Å². The lowest BCUT2D eigenvalue weighted by atomic mass is 9.78. The van der Waals surface area contributed by atoms with Crippen LogP contribution in [0.4, 0.5) is 0 Å². The second-order valence-electron chi connectivity index (χ2n) is 7.24. The molecule has 0 bridgehead atoms. The zero-order chi connectivity index (χ0) is 16.4. The molecule has 118 valence electrons. The van der Waals surface area contributed by atoms with E-state index in [9.17, 15) is 0 Å². The van der Waals surface area contributed by atoms with Crippen molar-refractivity contribution in [1.29, 1.82) is 0 Å². The van der Waals surface area contributed by atoms with Gasteiger partial charge >= 0.3 is 7.12 Å². The van der Waals surface area contributed by atoms with Crippen LogP contribution in [-0.4, -0.2) is 18.3 Å². The van der Waals surface area contributed by atoms with Gasteiger partial charge in [-0.15, -0.1) is 6.58 Å². The van der Waals surface area contributed by atoms with Gasteiger partial charge in [-0.05, 0) is 39.7 Å². The fraction of sp³-hybridized carbons (Fsp3) is 0.474. The largest absolute Gasteiger partial charge is 0.486 e. The molecule has 1 fully saturated rings. The van der Waals surface area contributed by atoms with Gasteiger partial charge in [0, 0.05) is 5.41 Å². The fourth-order valence-electron chi connectivity index (χ4n) is 2.53. The van der Waals surface area contributed by atoms with E-state index < -0.39 is 0 Å². The standard InChI is InChI=1S/C19H27BO2/c1-7-19(6,16-12-9-8-10-13-16)14-11-15-20-21-17(2,3)18(4,5)22-20/h7-13,15H,1,14H2,2-6H3/b15-11+/t19-/m0/s1. The number of rotatable bonds is 5. The Morgan fingerprint density at radius 2 is 1.64 bits per heavy atom. The molecular weight excluding hydrogens is 271 g/mol. The second kappa shape index (κ2) is 6.06. The van der Waals surface area contributed by atoms with Crippen LogP contribution in [0, 0.1) is 0 Å². The molecule has 0 spiro atoms. The highest BCUT2D eigenvalue weighted by atomic mass is 16.7. The van der Waals surface area contributed by atoms with Gasteiger partial charge in [-0.25, -0.2) is 0 Å². The Kier molecular flexibility index (Phi) is 4.69. The highest BCUT2D eigenvalue weighted by molar-refractivity contribution is 6.51. The van der Waals surface area contributed by atoms with E-state index in [4.69, 9.17) is 9.31 Å². The van der Waals surface area contributed by atoms with Crippen molar-refractivity contribution in [2.24, 2.45) is 0 Å². The summed E-state index contributed by atoms with van der Waals surface area (Å²) in [6, 6.07) is 10.5. The van der Waals surface area contributed by atoms with E-state index in [2.05, 4.69) is 71.5 Å². The molecule has 1 heterocycles. The molecule has 1 atom stereocenters. The molecule has 1 saturated heterocycles. The summed E-state index contributed by atoms with van der Waals surface area (Å²) in [6.45, 7) is 14.5. The van der Waals surface area contributed by atoms with Crippen LogP contribution >= 0.6 is 0 Å². The molecule has 0 N–H and O–H groups in total. The topological polar surface area (TPSA) is 18.5 Å². The first-order valence-corrected chi connectivity index (χ1v) is 7.92. The summed E-state index contributed by atoms with van der Waals surface area (Å²) in [7, 11) is -0.283. The number of benzene rings is 1. The van der Waals surface area contributed by atoms with Gasteiger partial charge in [0.15, 0.2) is 0 Å². The molecule has 0 saturated carbocycles. The second-order valence-corrected chi connectivity index (χ2v) is 7.24. The molecule has 1 aromatic carbocycles. The highest BCUT2D eigenvalue weighted by Gasteiger charge is 2.50. The van der Waals surface area contributed by atoms with Crippen LogP contribution in [0.1, 0.15) is 46.6 Å². The van der Waals surface area contributed by atoms with Crippen molar-refractivity contribution < 1.29 is 9.31 Å². The zero-order valence-electron chi connectivity index (χ0n) is 14.4. The van der Waals surface area contributed by atoms with Gasteiger partial charge in [0.25, 0.3) is 0 Å². The summed E-state index contributed by atoms with van der Waals surface area (Å²) in [5.41, 5.74) is 0.608. The Bertz CT molecular complexity index is 532. The minimum absolute atomic E-state index is 0.0819. The maximum absolute atomic E-state index is 5.98. The maximum Gasteiger partial charge on any atom is 0.486 e. The summed E-state index contributed by atoms with van der Waals surface area (Å²) >= 11 is 0. The smallest absolute Gasteiger partial charge is 0.400 e. The predicted molar refractivity (Wildman–Crippen MR) is 93.8 cm³/mol. The average Bonchev–Trinajstić information content (AvgIpc) is 2.67. The molecule has 1 aliphatic rings. The number of hydrogen-bond acceptors (Lipinski definition) is 2. The van der Waals surface area contributed by atoms with Crippen LogP contribution in [-0.2, 0) is 14.7 Å². The summed E-state index contributed by atoms with van der Waals surface area (Å²) in [5.74, 6) is 2.02. The van der Waals surface area contributed by atoms with Crippen molar-refractivity contribution in [3.05, 3.63) is 60.6 Å². The van der Waals surface area contributed by atoms with E-state index in [1.54, 1.807) is 0 Å². The molecular formula is C19H27BO2. The third-order valence-corrected chi connectivity index (χ3v) is 4.99. The van der Waals surface area contributed by atoms with Crippen molar-refractivity contribution in [2.75, 3.05) is 0 Å². The van der Waals surface area contributed by atoms with Crippen molar-refractivity contribution >= 4 is 7.12 Å². The highest BCUT2D eigenvalue weighted by Crippen LogP contribution is 2.37. The molecule has 0 aromatic heterocycles. The molecule has 0 unspecified atom stereocenters. The molecule has 1 aliphatic heterocycles. The quantitative estimate of drug-likeness (QED) is 0.579. The molecule has 0 amide bonds. The van der Waals surface area contributed by atoms with Crippen molar-refractivity contribution in [3.8, 4) is 0 Å². The van der Waals surface area contributed by atoms with Gasteiger partial charge in [0.1, 0.15) is 0 Å². The first kappa shape index (κ1) is 17.0. The van der Waals surface area contributed by atoms with E-state index >= 15 is 0 Å². The van der Waals surface area contributed by atoms with Gasteiger partial charge in [-0.3, -0.25) is 0 Å². The molecule has 0 radical (unpaired) electrons. The van der Waals surface area contributed by atoms with E-state index in [0.717, 1.165) is 6.42 Å². The van der Waals surface area contributed by atoms with Crippen LogP contribution in [0.5, 0.6) is 0 Å². The lowest BCUT2D eigenvalue weighted by Gasteiger charge is -2.32. The van der Waals surface area contributed by atoms with Crippen molar-refractivity contribution in [1.82, 2.24) is 0 Å². The normalized spacial score (nSPS) is 22.7. The predicted octanol–water partition coefficient (Wildman–Crippen LogP) is 4.71. The van der Waals surface area contributed by atoms with Gasteiger partial charge in [-0.2, -0.15) is 0 Å². The van der Waals surface area contributed by atoms with Crippen molar-refractivity contribution in [2.45, 2.75) is 57.7 Å². The van der Waals surface area contributed by atoms with Gasteiger partial charge in [0.2, 0.25) is 0 Å². The first-order chi connectivity index (χ1) is 10.2. The summed E-state index contributed by atoms with van der Waals surface area (Å²) < 4.78 is 12.0. The first-order valence-electron chi connectivity index (χ1n) is 7.92. The molecule has 2 rings (SSSR count). The van der Waals surface area contributed by atoms with E-state index in [1.807, 2.05) is 18.1 Å². The lowest BCUT2D eigenvalue weighted by Crippen LogP contribution is -2.41. The van der Waals surface area contributed by atoms with Gasteiger partial charge < -0.3 is 9.31 Å². The van der Waals surface area contributed by atoms with Crippen LogP contribution < -0.4 is 0 Å². The molecule has 0 aliphatic carbocycles. The van der Waals surface area contributed by atoms with Crippen LogP contribution in [0.3, 0.4) is 0 Å². The zero-order valence-corrected chi connectivity index (χ0v) is 14.4. The minimum atomic E-state index is -0.289. The van der Waals surface area contributed by atoms with Gasteiger partial charge in [0.05, 0.1) is 11.2 Å². The Morgan fingerprint density at radius 1 is 1.09 bits per heavy atom. The average molecular weight is 298 g/mol. The van der Waals surface area contributed by atoms with E-state index in [1.165, 1.54) is 5.56 Å². The summed E-state index contributed by atoms with van der Waals surface area (Å²) in [4.78, 5) is 0. The lowest BCUT2D eigenvalue weighted by molar-refractivity contribution is 0.00578. The fourth-order valence-corrected chi connectivity index (χ4v) is 2.53. The Balaban J connectivity index is 2.05. The van der Waals surface area contributed by atoms with Crippen molar-refractivity contribution in [3.63, 3.8) is 0 Å². The monoisotopic (exact) mass is 298 g/mol. The third-order valence-electron chi connectivity index (χ3n) is 4.99. The van der Waals surface area contributed by atoms with Crippen LogP contribution in [0.2, 0.25) is 0 Å². The summed E-state index contributed by atoms with van der Waals surface area (Å²) in [5, 5.41) is 0. The number of hydrogen-bond donors (Lipinski definition) is 0. The van der Waals surface area contributed by atoms with Crippen LogP contribution in [0.25, 0.3) is 0 Å². The molecule has 1 aromatic rings. The molecule has 3 heteroatoms. The minimum Gasteiger partial charge on any atom is -0.400 e. The third kappa shape index (κ3) is 3.36. The Hall–Kier alpha value is -1.32. The Morgan fingerprint density at radius 3 is 2.14 bits per heavy atom. The van der Waals surface area contributed by atoms with E-state index in [-0.39, 0.29) is 23.7 Å². The Labute approximate surface area is 135 Å². The molecule has 2 nitrogen and oxygen atoms in total. The summed E-state index contributed by atoms with van der Waals surface area (Å²) in [6.07, 6.45) is 5.01.